The van der Waals surface area contributed by atoms with Crippen LogP contribution in [0, 0.1) is 11.6 Å². The zero-order chi connectivity index (χ0) is 18.2. The molecule has 0 radical (unpaired) electrons. The van der Waals surface area contributed by atoms with Gasteiger partial charge in [0.25, 0.3) is 0 Å². The molecule has 0 spiro atoms. The number of halogens is 3. The third-order valence-corrected chi connectivity index (χ3v) is 4.72. The van der Waals surface area contributed by atoms with Crippen LogP contribution in [0.3, 0.4) is 0 Å². The second-order valence-corrected chi connectivity index (χ2v) is 7.32. The minimum Gasteiger partial charge on any atom is -0.357 e. The molecule has 0 atom stereocenters. The summed E-state index contributed by atoms with van der Waals surface area (Å²) in [6.07, 6.45) is 0.704. The number of rotatable bonds is 4. The standard InChI is InChI=1S/C17H12F3NO3S/c1-25(22,23)17-12(19)7-11(8-13(17)20)15-14(9-18)24-21-16(15)10-5-3-2-4-6-10/h2-8H,9H2,1H3. The number of benzene rings is 2. The van der Waals surface area contributed by atoms with Crippen molar-refractivity contribution in [2.24, 2.45) is 0 Å². The van der Waals surface area contributed by atoms with Crippen LogP contribution in [0.2, 0.25) is 0 Å². The molecule has 0 aliphatic rings. The van der Waals surface area contributed by atoms with Crippen molar-refractivity contribution in [3.63, 3.8) is 0 Å². The topological polar surface area (TPSA) is 60.2 Å². The number of aromatic nitrogens is 1. The van der Waals surface area contributed by atoms with Gasteiger partial charge in [0, 0.05) is 11.8 Å². The van der Waals surface area contributed by atoms with Crippen LogP contribution in [0.1, 0.15) is 5.76 Å². The molecule has 0 aliphatic heterocycles. The Labute approximate surface area is 141 Å². The maximum atomic E-state index is 14.2. The van der Waals surface area contributed by atoms with Gasteiger partial charge in [0.2, 0.25) is 0 Å². The highest BCUT2D eigenvalue weighted by Crippen LogP contribution is 2.37. The first-order valence-electron chi connectivity index (χ1n) is 7.12. The third kappa shape index (κ3) is 3.17. The molecule has 130 valence electrons. The van der Waals surface area contributed by atoms with Crippen LogP contribution >= 0.6 is 0 Å². The van der Waals surface area contributed by atoms with Gasteiger partial charge in [0.1, 0.15) is 22.2 Å². The molecular weight excluding hydrogens is 355 g/mol. The molecule has 0 fully saturated rings. The van der Waals surface area contributed by atoms with Gasteiger partial charge >= 0.3 is 0 Å². The second-order valence-electron chi connectivity index (χ2n) is 5.37. The Morgan fingerprint density at radius 2 is 1.64 bits per heavy atom. The quantitative estimate of drug-likeness (QED) is 0.695. The van der Waals surface area contributed by atoms with Crippen molar-refractivity contribution in [3.8, 4) is 22.4 Å². The van der Waals surface area contributed by atoms with Gasteiger partial charge in [-0.2, -0.15) is 0 Å². The minimum absolute atomic E-state index is 0.0600. The summed E-state index contributed by atoms with van der Waals surface area (Å²) in [5, 5.41) is 3.79. The fourth-order valence-electron chi connectivity index (χ4n) is 2.56. The lowest BCUT2D eigenvalue weighted by atomic mass is 9.99. The van der Waals surface area contributed by atoms with E-state index in [1.165, 1.54) is 0 Å². The fourth-order valence-corrected chi connectivity index (χ4v) is 3.39. The highest BCUT2D eigenvalue weighted by molar-refractivity contribution is 7.90. The second kappa shape index (κ2) is 6.36. The molecule has 1 heterocycles. The average molecular weight is 367 g/mol. The molecule has 1 aromatic heterocycles. The van der Waals surface area contributed by atoms with Gasteiger partial charge in [-0.05, 0) is 17.7 Å². The van der Waals surface area contributed by atoms with E-state index < -0.39 is 33.0 Å². The molecule has 0 aliphatic carbocycles. The summed E-state index contributed by atoms with van der Waals surface area (Å²) < 4.78 is 69.6. The minimum atomic E-state index is -4.09. The van der Waals surface area contributed by atoms with Crippen molar-refractivity contribution < 1.29 is 26.1 Å². The van der Waals surface area contributed by atoms with Crippen LogP contribution < -0.4 is 0 Å². The van der Waals surface area contributed by atoms with E-state index in [2.05, 4.69) is 5.16 Å². The monoisotopic (exact) mass is 367 g/mol. The van der Waals surface area contributed by atoms with E-state index in [4.69, 9.17) is 4.52 Å². The molecule has 4 nitrogen and oxygen atoms in total. The lowest BCUT2D eigenvalue weighted by Crippen LogP contribution is -2.05. The Kier molecular flexibility index (Phi) is 4.38. The third-order valence-electron chi connectivity index (χ3n) is 3.59. The molecule has 0 unspecified atom stereocenters. The smallest absolute Gasteiger partial charge is 0.181 e. The molecule has 8 heteroatoms. The van der Waals surface area contributed by atoms with Gasteiger partial charge in [-0.25, -0.2) is 21.6 Å². The van der Waals surface area contributed by atoms with Crippen molar-refractivity contribution in [2.75, 3.05) is 6.26 Å². The van der Waals surface area contributed by atoms with E-state index in [1.54, 1.807) is 30.3 Å². The SMILES string of the molecule is CS(=O)(=O)c1c(F)cc(-c2c(-c3ccccc3)noc2CF)cc1F. The molecule has 0 N–H and O–H groups in total. The molecular formula is C17H12F3NO3S. The van der Waals surface area contributed by atoms with Gasteiger partial charge < -0.3 is 4.52 Å². The molecule has 0 amide bonds. The molecule has 3 rings (SSSR count). The number of alkyl halides is 1. The van der Waals surface area contributed by atoms with E-state index in [9.17, 15) is 21.6 Å². The Bertz CT molecular complexity index is 1010. The zero-order valence-electron chi connectivity index (χ0n) is 13.0. The molecule has 0 bridgehead atoms. The first-order chi connectivity index (χ1) is 11.8. The highest BCUT2D eigenvalue weighted by atomic mass is 32.2. The Balaban J connectivity index is 2.26. The summed E-state index contributed by atoms with van der Waals surface area (Å²) in [7, 11) is -4.09. The molecule has 2 aromatic carbocycles. The highest BCUT2D eigenvalue weighted by Gasteiger charge is 2.25. The van der Waals surface area contributed by atoms with Crippen LogP contribution in [0.25, 0.3) is 22.4 Å². The molecule has 3 aromatic rings. The van der Waals surface area contributed by atoms with Crippen molar-refractivity contribution in [2.45, 2.75) is 11.6 Å². The van der Waals surface area contributed by atoms with E-state index in [0.29, 0.717) is 11.8 Å². The van der Waals surface area contributed by atoms with Gasteiger partial charge in [0.05, 0.1) is 5.56 Å². The number of sulfone groups is 1. The van der Waals surface area contributed by atoms with Crippen LogP contribution in [0.4, 0.5) is 13.2 Å². The summed E-state index contributed by atoms with van der Waals surface area (Å²) in [6, 6.07) is 10.2. The molecule has 0 saturated heterocycles. The summed E-state index contributed by atoms with van der Waals surface area (Å²) in [5.41, 5.74) is 0.787. The fraction of sp³-hybridized carbons (Fsp3) is 0.118. The number of hydrogen-bond acceptors (Lipinski definition) is 4. The van der Waals surface area contributed by atoms with E-state index in [1.807, 2.05) is 0 Å². The maximum absolute atomic E-state index is 14.2. The van der Waals surface area contributed by atoms with E-state index >= 15 is 0 Å². The van der Waals surface area contributed by atoms with E-state index in [-0.39, 0.29) is 22.6 Å². The Hall–Kier alpha value is -2.61. The van der Waals surface area contributed by atoms with Crippen LogP contribution in [0.15, 0.2) is 51.9 Å². The lowest BCUT2D eigenvalue weighted by Gasteiger charge is -2.08. The predicted octanol–water partition coefficient (Wildman–Crippen LogP) is 4.16. The van der Waals surface area contributed by atoms with Crippen molar-refractivity contribution in [3.05, 3.63) is 59.9 Å². The largest absolute Gasteiger partial charge is 0.357 e. The van der Waals surface area contributed by atoms with Crippen LogP contribution in [0.5, 0.6) is 0 Å². The van der Waals surface area contributed by atoms with Crippen molar-refractivity contribution in [1.29, 1.82) is 0 Å². The predicted molar refractivity (Wildman–Crippen MR) is 85.2 cm³/mol. The Morgan fingerprint density at radius 3 is 2.16 bits per heavy atom. The van der Waals surface area contributed by atoms with Crippen molar-refractivity contribution in [1.82, 2.24) is 5.16 Å². The van der Waals surface area contributed by atoms with Gasteiger partial charge in [-0.1, -0.05) is 35.5 Å². The lowest BCUT2D eigenvalue weighted by molar-refractivity contribution is 0.332. The normalized spacial score (nSPS) is 11.7. The van der Waals surface area contributed by atoms with Gasteiger partial charge in [-0.3, -0.25) is 0 Å². The van der Waals surface area contributed by atoms with Gasteiger partial charge in [-0.15, -0.1) is 0 Å². The zero-order valence-corrected chi connectivity index (χ0v) is 13.8. The number of hydrogen-bond donors (Lipinski definition) is 0. The maximum Gasteiger partial charge on any atom is 0.181 e. The summed E-state index contributed by atoms with van der Waals surface area (Å²) in [4.78, 5) is -1.03. The first-order valence-corrected chi connectivity index (χ1v) is 9.01. The Morgan fingerprint density at radius 1 is 1.04 bits per heavy atom. The number of nitrogens with zero attached hydrogens (tertiary/aromatic N) is 1. The summed E-state index contributed by atoms with van der Waals surface area (Å²) >= 11 is 0. The van der Waals surface area contributed by atoms with Crippen molar-refractivity contribution >= 4 is 9.84 Å². The average Bonchev–Trinajstić information content (AvgIpc) is 2.97. The first kappa shape index (κ1) is 17.2. The molecule has 0 saturated carbocycles. The van der Waals surface area contributed by atoms with Crippen LogP contribution in [-0.2, 0) is 16.5 Å². The van der Waals surface area contributed by atoms with Gasteiger partial charge in [0.15, 0.2) is 22.3 Å². The molecule has 25 heavy (non-hydrogen) atoms. The van der Waals surface area contributed by atoms with Crippen LogP contribution in [-0.4, -0.2) is 19.8 Å². The van der Waals surface area contributed by atoms with E-state index in [0.717, 1.165) is 12.1 Å². The summed E-state index contributed by atoms with van der Waals surface area (Å²) in [5.74, 6) is -2.73. The summed E-state index contributed by atoms with van der Waals surface area (Å²) in [6.45, 7) is -1.04.